The minimum absolute atomic E-state index is 0. The van der Waals surface area contributed by atoms with Crippen molar-refractivity contribution in [1.82, 2.24) is 15.1 Å². The van der Waals surface area contributed by atoms with Gasteiger partial charge in [-0.15, -0.1) is 24.8 Å². The molecule has 2 aliphatic heterocycles. The summed E-state index contributed by atoms with van der Waals surface area (Å²) in [6, 6.07) is 7.04. The average Bonchev–Trinajstić information content (AvgIpc) is 2.83. The van der Waals surface area contributed by atoms with Gasteiger partial charge in [-0.2, -0.15) is 11.8 Å². The molecular weight excluding hydrogens is 396 g/mol. The topological polar surface area (TPSA) is 35.6 Å². The molecule has 1 atom stereocenters. The van der Waals surface area contributed by atoms with E-state index in [0.717, 1.165) is 62.8 Å². The number of hydrogen-bond acceptors (Lipinski definition) is 4. The average molecular weight is 424 g/mol. The van der Waals surface area contributed by atoms with Crippen LogP contribution < -0.4 is 5.32 Å². The van der Waals surface area contributed by atoms with Gasteiger partial charge in [0.15, 0.2) is 0 Å². The van der Waals surface area contributed by atoms with Gasteiger partial charge in [-0.05, 0) is 24.1 Å². The Morgan fingerprint density at radius 3 is 2.62 bits per heavy atom. The van der Waals surface area contributed by atoms with Gasteiger partial charge in [-0.25, -0.2) is 4.39 Å². The summed E-state index contributed by atoms with van der Waals surface area (Å²) in [4.78, 5) is 16.9. The lowest BCUT2D eigenvalue weighted by Gasteiger charge is -2.27. The fourth-order valence-electron chi connectivity index (χ4n) is 3.32. The van der Waals surface area contributed by atoms with Crippen LogP contribution in [0.5, 0.6) is 0 Å². The van der Waals surface area contributed by atoms with Crippen molar-refractivity contribution in [2.45, 2.75) is 25.4 Å². The van der Waals surface area contributed by atoms with Crippen LogP contribution in [0.15, 0.2) is 24.3 Å². The summed E-state index contributed by atoms with van der Waals surface area (Å²) in [6.07, 6.45) is 1.62. The van der Waals surface area contributed by atoms with E-state index in [1.165, 1.54) is 12.1 Å². The minimum Gasteiger partial charge on any atom is -0.341 e. The third-order valence-electron chi connectivity index (χ3n) is 4.68. The molecule has 1 aromatic rings. The van der Waals surface area contributed by atoms with Gasteiger partial charge in [0.25, 0.3) is 0 Å². The zero-order valence-corrected chi connectivity index (χ0v) is 17.3. The molecule has 0 bridgehead atoms. The van der Waals surface area contributed by atoms with Crippen molar-refractivity contribution in [2.24, 2.45) is 0 Å². The Morgan fingerprint density at radius 1 is 1.15 bits per heavy atom. The molecule has 2 fully saturated rings. The molecule has 3 rings (SSSR count). The fourth-order valence-corrected chi connectivity index (χ4v) is 4.27. The number of carbonyl (C=O) groups is 1. The quantitative estimate of drug-likeness (QED) is 0.807. The lowest BCUT2D eigenvalue weighted by Crippen LogP contribution is -2.43. The Hall–Kier alpha value is -0.530. The number of nitrogens with one attached hydrogen (secondary N) is 1. The zero-order valence-electron chi connectivity index (χ0n) is 14.9. The van der Waals surface area contributed by atoms with Crippen LogP contribution in [0.2, 0.25) is 0 Å². The first-order valence-electron chi connectivity index (χ1n) is 8.76. The first-order valence-corrected chi connectivity index (χ1v) is 9.92. The summed E-state index contributed by atoms with van der Waals surface area (Å²) in [6.45, 7) is 5.34. The first kappa shape index (κ1) is 23.5. The van der Waals surface area contributed by atoms with Crippen molar-refractivity contribution in [1.29, 1.82) is 0 Å². The van der Waals surface area contributed by atoms with Gasteiger partial charge < -0.3 is 10.2 Å². The normalized spacial score (nSPS) is 21.3. The zero-order chi connectivity index (χ0) is 16.8. The van der Waals surface area contributed by atoms with E-state index in [1.807, 2.05) is 28.8 Å². The van der Waals surface area contributed by atoms with Crippen LogP contribution in [0, 0.1) is 5.82 Å². The Kier molecular flexibility index (Phi) is 10.9. The highest BCUT2D eigenvalue weighted by Gasteiger charge is 2.23. The Bertz CT molecular complexity index is 544. The predicted molar refractivity (Wildman–Crippen MR) is 111 cm³/mol. The van der Waals surface area contributed by atoms with Gasteiger partial charge in [-0.3, -0.25) is 9.69 Å². The van der Waals surface area contributed by atoms with Crippen LogP contribution in [0.3, 0.4) is 0 Å². The number of benzene rings is 1. The number of nitrogens with zero attached hydrogens (tertiary/aromatic N) is 2. The highest BCUT2D eigenvalue weighted by molar-refractivity contribution is 7.99. The highest BCUT2D eigenvalue weighted by Crippen LogP contribution is 2.14. The van der Waals surface area contributed by atoms with E-state index in [9.17, 15) is 9.18 Å². The molecule has 2 heterocycles. The maximum atomic E-state index is 13.0. The minimum atomic E-state index is -0.194. The van der Waals surface area contributed by atoms with Crippen molar-refractivity contribution >= 4 is 42.5 Å². The maximum Gasteiger partial charge on any atom is 0.224 e. The molecule has 2 saturated heterocycles. The van der Waals surface area contributed by atoms with Gasteiger partial charge in [0.1, 0.15) is 5.82 Å². The van der Waals surface area contributed by atoms with Crippen molar-refractivity contribution in [2.75, 3.05) is 44.2 Å². The standard InChI is InChI=1S/C18H26FN3OS.2ClH/c19-16-4-2-15(3-5-16)13-21-7-1-8-22(10-9-21)18(23)12-17-14-24-11-6-20-17;;/h2-5,17,20H,1,6-14H2;2*1H. The van der Waals surface area contributed by atoms with Crippen LogP contribution in [0.1, 0.15) is 18.4 Å². The largest absolute Gasteiger partial charge is 0.341 e. The molecule has 26 heavy (non-hydrogen) atoms. The molecule has 4 nitrogen and oxygen atoms in total. The summed E-state index contributed by atoms with van der Waals surface area (Å²) >= 11 is 1.93. The smallest absolute Gasteiger partial charge is 0.224 e. The van der Waals surface area contributed by atoms with Gasteiger partial charge >= 0.3 is 0 Å². The van der Waals surface area contributed by atoms with Crippen molar-refractivity contribution in [3.63, 3.8) is 0 Å². The van der Waals surface area contributed by atoms with Crippen LogP contribution in [-0.2, 0) is 11.3 Å². The molecule has 0 aromatic heterocycles. The number of carbonyl (C=O) groups excluding carboxylic acids is 1. The molecule has 1 N–H and O–H groups in total. The SMILES string of the molecule is Cl.Cl.O=C(CC1CSCCN1)N1CCCN(Cc2ccc(F)cc2)CC1. The van der Waals surface area contributed by atoms with Crippen LogP contribution in [0.25, 0.3) is 0 Å². The van der Waals surface area contributed by atoms with Crippen LogP contribution in [0.4, 0.5) is 4.39 Å². The lowest BCUT2D eigenvalue weighted by molar-refractivity contribution is -0.131. The Balaban J connectivity index is 0.00000169. The van der Waals surface area contributed by atoms with E-state index in [1.54, 1.807) is 0 Å². The first-order chi connectivity index (χ1) is 11.7. The molecule has 8 heteroatoms. The summed E-state index contributed by atoms with van der Waals surface area (Å²) < 4.78 is 13.0. The second-order valence-electron chi connectivity index (χ2n) is 6.57. The van der Waals surface area contributed by atoms with E-state index < -0.39 is 0 Å². The molecule has 0 aliphatic carbocycles. The van der Waals surface area contributed by atoms with Gasteiger partial charge in [0, 0.05) is 63.2 Å². The summed E-state index contributed by atoms with van der Waals surface area (Å²) in [7, 11) is 0. The van der Waals surface area contributed by atoms with Crippen molar-refractivity contribution in [3.05, 3.63) is 35.6 Å². The maximum absolute atomic E-state index is 13.0. The van der Waals surface area contributed by atoms with Crippen molar-refractivity contribution in [3.8, 4) is 0 Å². The van der Waals surface area contributed by atoms with Gasteiger partial charge in [0.2, 0.25) is 5.91 Å². The molecule has 1 unspecified atom stereocenters. The Labute approximate surface area is 172 Å². The third kappa shape index (κ3) is 7.24. The van der Waals surface area contributed by atoms with E-state index in [2.05, 4.69) is 10.2 Å². The van der Waals surface area contributed by atoms with Crippen LogP contribution in [-0.4, -0.2) is 66.0 Å². The summed E-state index contributed by atoms with van der Waals surface area (Å²) in [5.74, 6) is 2.27. The van der Waals surface area contributed by atoms with E-state index in [-0.39, 0.29) is 36.5 Å². The molecule has 2 aliphatic rings. The van der Waals surface area contributed by atoms with E-state index in [4.69, 9.17) is 0 Å². The number of thioether (sulfide) groups is 1. The molecule has 0 spiro atoms. The number of halogens is 3. The summed E-state index contributed by atoms with van der Waals surface area (Å²) in [5, 5.41) is 3.44. The number of amides is 1. The number of rotatable bonds is 4. The highest BCUT2D eigenvalue weighted by atomic mass is 35.5. The fraction of sp³-hybridized carbons (Fsp3) is 0.611. The Morgan fingerprint density at radius 2 is 1.92 bits per heavy atom. The molecule has 0 radical (unpaired) electrons. The molecule has 1 amide bonds. The van der Waals surface area contributed by atoms with Crippen LogP contribution >= 0.6 is 36.6 Å². The molecule has 148 valence electrons. The van der Waals surface area contributed by atoms with Gasteiger partial charge in [0.05, 0.1) is 0 Å². The molecule has 0 saturated carbocycles. The lowest BCUT2D eigenvalue weighted by atomic mass is 10.2. The van der Waals surface area contributed by atoms with Gasteiger partial charge in [-0.1, -0.05) is 12.1 Å². The van der Waals surface area contributed by atoms with E-state index >= 15 is 0 Å². The van der Waals surface area contributed by atoms with Crippen molar-refractivity contribution < 1.29 is 9.18 Å². The third-order valence-corrected chi connectivity index (χ3v) is 5.81. The second kappa shape index (κ2) is 12.0. The molecule has 1 aromatic carbocycles. The number of hydrogen-bond donors (Lipinski definition) is 1. The van der Waals surface area contributed by atoms with E-state index in [0.29, 0.717) is 12.5 Å². The second-order valence-corrected chi connectivity index (χ2v) is 7.72. The predicted octanol–water partition coefficient (Wildman–Crippen LogP) is 2.80. The summed E-state index contributed by atoms with van der Waals surface area (Å²) in [5.41, 5.74) is 1.12. The monoisotopic (exact) mass is 423 g/mol. The molecular formula is C18H28Cl2FN3OS.